The van der Waals surface area contributed by atoms with E-state index in [4.69, 9.17) is 8.83 Å². The monoisotopic (exact) mass is 276 g/mol. The molecular formula is C19H16O2. The first-order valence-corrected chi connectivity index (χ1v) is 7.25. The van der Waals surface area contributed by atoms with Crippen molar-refractivity contribution in [1.29, 1.82) is 0 Å². The minimum absolute atomic E-state index is 0.290. The van der Waals surface area contributed by atoms with E-state index in [-0.39, 0.29) is 5.92 Å². The van der Waals surface area contributed by atoms with Crippen molar-refractivity contribution in [3.63, 3.8) is 0 Å². The van der Waals surface area contributed by atoms with Crippen LogP contribution in [0, 0.1) is 0 Å². The second-order valence-corrected chi connectivity index (χ2v) is 5.54. The van der Waals surface area contributed by atoms with Crippen molar-refractivity contribution in [2.75, 3.05) is 0 Å². The summed E-state index contributed by atoms with van der Waals surface area (Å²) in [5.74, 6) is 2.30. The van der Waals surface area contributed by atoms with Crippen LogP contribution in [0.15, 0.2) is 69.5 Å². The van der Waals surface area contributed by atoms with E-state index in [2.05, 4.69) is 31.2 Å². The summed E-state index contributed by atoms with van der Waals surface area (Å²) in [6.07, 6.45) is 0.842. The van der Waals surface area contributed by atoms with E-state index in [1.807, 2.05) is 36.4 Å². The highest BCUT2D eigenvalue weighted by atomic mass is 16.3. The lowest BCUT2D eigenvalue weighted by Gasteiger charge is -2.05. The fraction of sp³-hybridized carbons (Fsp3) is 0.158. The molecule has 0 bridgehead atoms. The SMILES string of the molecule is CC(Cc1cc2ccccc2o1)c1cc2ccccc2o1. The number of furan rings is 2. The van der Waals surface area contributed by atoms with Crippen molar-refractivity contribution in [3.8, 4) is 0 Å². The number of fused-ring (bicyclic) bond motifs is 2. The number of para-hydroxylation sites is 2. The Morgan fingerprint density at radius 2 is 1.43 bits per heavy atom. The minimum Gasteiger partial charge on any atom is -0.461 e. The Morgan fingerprint density at radius 1 is 0.810 bits per heavy atom. The lowest BCUT2D eigenvalue weighted by atomic mass is 10.0. The van der Waals surface area contributed by atoms with Crippen LogP contribution >= 0.6 is 0 Å². The maximum absolute atomic E-state index is 5.93. The van der Waals surface area contributed by atoms with E-state index < -0.39 is 0 Å². The van der Waals surface area contributed by atoms with E-state index in [1.165, 1.54) is 0 Å². The third-order valence-corrected chi connectivity index (χ3v) is 3.91. The largest absolute Gasteiger partial charge is 0.461 e. The molecule has 2 heterocycles. The molecule has 4 aromatic rings. The molecule has 2 nitrogen and oxygen atoms in total. The van der Waals surface area contributed by atoms with Crippen molar-refractivity contribution in [1.82, 2.24) is 0 Å². The zero-order valence-corrected chi connectivity index (χ0v) is 11.9. The molecule has 0 aliphatic rings. The molecule has 0 amide bonds. The van der Waals surface area contributed by atoms with Crippen molar-refractivity contribution in [2.24, 2.45) is 0 Å². The Kier molecular flexibility index (Phi) is 2.81. The van der Waals surface area contributed by atoms with Crippen LogP contribution in [0.5, 0.6) is 0 Å². The van der Waals surface area contributed by atoms with E-state index >= 15 is 0 Å². The molecule has 0 N–H and O–H groups in total. The lowest BCUT2D eigenvalue weighted by Crippen LogP contribution is -1.95. The van der Waals surface area contributed by atoms with Gasteiger partial charge in [-0.15, -0.1) is 0 Å². The van der Waals surface area contributed by atoms with Crippen LogP contribution in [0.3, 0.4) is 0 Å². The minimum atomic E-state index is 0.290. The molecule has 1 atom stereocenters. The Labute approximate surface area is 123 Å². The molecule has 2 aromatic carbocycles. The van der Waals surface area contributed by atoms with Gasteiger partial charge in [-0.25, -0.2) is 0 Å². The van der Waals surface area contributed by atoms with E-state index in [0.717, 1.165) is 39.9 Å². The molecule has 1 unspecified atom stereocenters. The van der Waals surface area contributed by atoms with Crippen LogP contribution in [-0.4, -0.2) is 0 Å². The first-order valence-electron chi connectivity index (χ1n) is 7.25. The Morgan fingerprint density at radius 3 is 2.10 bits per heavy atom. The summed E-state index contributed by atoms with van der Waals surface area (Å²) in [7, 11) is 0. The summed E-state index contributed by atoms with van der Waals surface area (Å²) in [6, 6.07) is 20.5. The van der Waals surface area contributed by atoms with Crippen LogP contribution in [0.4, 0.5) is 0 Å². The van der Waals surface area contributed by atoms with Crippen LogP contribution in [-0.2, 0) is 6.42 Å². The topological polar surface area (TPSA) is 26.3 Å². The molecule has 104 valence electrons. The molecule has 0 saturated heterocycles. The van der Waals surface area contributed by atoms with Crippen LogP contribution < -0.4 is 0 Å². The Bertz CT molecular complexity index is 832. The predicted octanol–water partition coefficient (Wildman–Crippen LogP) is 5.53. The predicted molar refractivity (Wildman–Crippen MR) is 84.5 cm³/mol. The molecule has 2 aromatic heterocycles. The van der Waals surface area contributed by atoms with Gasteiger partial charge in [0.1, 0.15) is 22.7 Å². The lowest BCUT2D eigenvalue weighted by molar-refractivity contribution is 0.469. The highest BCUT2D eigenvalue weighted by molar-refractivity contribution is 5.78. The standard InChI is InChI=1S/C19H16O2/c1-13(19-12-15-7-3-5-9-18(15)21-19)10-16-11-14-6-2-4-8-17(14)20-16/h2-9,11-13H,10H2,1H3. The maximum Gasteiger partial charge on any atom is 0.134 e. The first kappa shape index (κ1) is 12.3. The van der Waals surface area contributed by atoms with Crippen LogP contribution in [0.1, 0.15) is 24.4 Å². The second-order valence-electron chi connectivity index (χ2n) is 5.54. The molecule has 0 radical (unpaired) electrons. The normalized spacial score (nSPS) is 13.0. The fourth-order valence-corrected chi connectivity index (χ4v) is 2.79. The summed E-state index contributed by atoms with van der Waals surface area (Å²) in [5.41, 5.74) is 1.90. The van der Waals surface area contributed by atoms with Gasteiger partial charge >= 0.3 is 0 Å². The van der Waals surface area contributed by atoms with Gasteiger partial charge in [-0.3, -0.25) is 0 Å². The molecular weight excluding hydrogens is 260 g/mol. The highest BCUT2D eigenvalue weighted by Gasteiger charge is 2.14. The average molecular weight is 276 g/mol. The smallest absolute Gasteiger partial charge is 0.134 e. The Balaban J connectivity index is 1.63. The molecule has 0 aliphatic carbocycles. The second kappa shape index (κ2) is 4.81. The van der Waals surface area contributed by atoms with E-state index in [9.17, 15) is 0 Å². The van der Waals surface area contributed by atoms with Crippen LogP contribution in [0.2, 0.25) is 0 Å². The number of rotatable bonds is 3. The van der Waals surface area contributed by atoms with Gasteiger partial charge in [0.2, 0.25) is 0 Å². The van der Waals surface area contributed by atoms with E-state index in [0.29, 0.717) is 0 Å². The quantitative estimate of drug-likeness (QED) is 0.492. The maximum atomic E-state index is 5.93. The van der Waals surface area contributed by atoms with Crippen LogP contribution in [0.25, 0.3) is 21.9 Å². The molecule has 0 fully saturated rings. The van der Waals surface area contributed by atoms with Crippen molar-refractivity contribution in [2.45, 2.75) is 19.3 Å². The van der Waals surface area contributed by atoms with E-state index in [1.54, 1.807) is 0 Å². The zero-order valence-electron chi connectivity index (χ0n) is 11.9. The molecule has 0 aliphatic heterocycles. The van der Waals surface area contributed by atoms with Gasteiger partial charge in [0, 0.05) is 23.1 Å². The van der Waals surface area contributed by atoms with Gasteiger partial charge in [0.15, 0.2) is 0 Å². The summed E-state index contributed by atoms with van der Waals surface area (Å²) in [5, 5.41) is 2.31. The number of benzene rings is 2. The molecule has 0 spiro atoms. The van der Waals surface area contributed by atoms with Gasteiger partial charge in [0.05, 0.1) is 0 Å². The molecule has 0 saturated carbocycles. The number of hydrogen-bond acceptors (Lipinski definition) is 2. The third kappa shape index (κ3) is 2.23. The van der Waals surface area contributed by atoms with Gasteiger partial charge in [-0.2, -0.15) is 0 Å². The number of hydrogen-bond donors (Lipinski definition) is 0. The van der Waals surface area contributed by atoms with Gasteiger partial charge < -0.3 is 8.83 Å². The van der Waals surface area contributed by atoms with Crippen molar-refractivity contribution < 1.29 is 8.83 Å². The average Bonchev–Trinajstić information content (AvgIpc) is 3.10. The Hall–Kier alpha value is -2.48. The van der Waals surface area contributed by atoms with Crippen molar-refractivity contribution in [3.05, 3.63) is 72.2 Å². The summed E-state index contributed by atoms with van der Waals surface area (Å²) < 4.78 is 11.8. The molecule has 2 heteroatoms. The summed E-state index contributed by atoms with van der Waals surface area (Å²) in [4.78, 5) is 0. The van der Waals surface area contributed by atoms with Gasteiger partial charge in [0.25, 0.3) is 0 Å². The zero-order chi connectivity index (χ0) is 14.2. The van der Waals surface area contributed by atoms with Crippen molar-refractivity contribution >= 4 is 21.9 Å². The third-order valence-electron chi connectivity index (χ3n) is 3.91. The summed E-state index contributed by atoms with van der Waals surface area (Å²) in [6.45, 7) is 2.17. The molecule has 4 rings (SSSR count). The fourth-order valence-electron chi connectivity index (χ4n) is 2.79. The molecule has 21 heavy (non-hydrogen) atoms. The van der Waals surface area contributed by atoms with Gasteiger partial charge in [-0.05, 0) is 24.3 Å². The summed E-state index contributed by atoms with van der Waals surface area (Å²) >= 11 is 0. The van der Waals surface area contributed by atoms with Gasteiger partial charge in [-0.1, -0.05) is 43.3 Å². The highest BCUT2D eigenvalue weighted by Crippen LogP contribution is 2.29. The first-order chi connectivity index (χ1) is 10.3.